The lowest BCUT2D eigenvalue weighted by Crippen LogP contribution is -2.21. The molecule has 1 nitrogen and oxygen atoms in total. The summed E-state index contributed by atoms with van der Waals surface area (Å²) in [4.78, 5) is 2.40. The molecule has 0 unspecified atom stereocenters. The molecule has 1 rings (SSSR count). The van der Waals surface area contributed by atoms with Gasteiger partial charge in [-0.25, -0.2) is 0 Å². The number of thioether (sulfide) groups is 1. The molecule has 0 radical (unpaired) electrons. The van der Waals surface area contributed by atoms with E-state index in [1.807, 2.05) is 11.8 Å². The van der Waals surface area contributed by atoms with Crippen LogP contribution in [-0.4, -0.2) is 24.2 Å². The fourth-order valence-electron chi connectivity index (χ4n) is 2.81. The molecular weight excluding hydrogens is 274 g/mol. The molecule has 1 aliphatic carbocycles. The lowest BCUT2D eigenvalue weighted by Gasteiger charge is -2.24. The molecule has 0 saturated heterocycles. The van der Waals surface area contributed by atoms with Gasteiger partial charge in [0.15, 0.2) is 0 Å². The lowest BCUT2D eigenvalue weighted by molar-refractivity contribution is 0.450. The molecule has 0 bridgehead atoms. The highest BCUT2D eigenvalue weighted by molar-refractivity contribution is 8.02. The summed E-state index contributed by atoms with van der Waals surface area (Å²) in [6.45, 7) is 10.3. The predicted molar refractivity (Wildman–Crippen MR) is 98.6 cm³/mol. The van der Waals surface area contributed by atoms with Crippen LogP contribution >= 0.6 is 11.8 Å². The zero-order valence-electron chi connectivity index (χ0n) is 14.6. The van der Waals surface area contributed by atoms with Gasteiger partial charge in [0.05, 0.1) is 0 Å². The van der Waals surface area contributed by atoms with Gasteiger partial charge in [0.25, 0.3) is 0 Å². The van der Waals surface area contributed by atoms with E-state index in [4.69, 9.17) is 0 Å². The van der Waals surface area contributed by atoms with Crippen molar-refractivity contribution in [3.8, 4) is 0 Å². The van der Waals surface area contributed by atoms with Gasteiger partial charge in [-0.15, -0.1) is 11.8 Å². The third-order valence-electron chi connectivity index (χ3n) is 4.40. The van der Waals surface area contributed by atoms with E-state index in [0.29, 0.717) is 0 Å². The summed E-state index contributed by atoms with van der Waals surface area (Å²) in [6, 6.07) is 0. The summed E-state index contributed by atoms with van der Waals surface area (Å²) in [5.41, 5.74) is 4.51. The van der Waals surface area contributed by atoms with Crippen LogP contribution in [0.4, 0.5) is 0 Å². The number of nitrogens with zero attached hydrogens (tertiary/aromatic N) is 1. The van der Waals surface area contributed by atoms with Crippen LogP contribution in [0.3, 0.4) is 0 Å². The summed E-state index contributed by atoms with van der Waals surface area (Å²) < 4.78 is 0. The largest absolute Gasteiger partial charge is 0.374 e. The third kappa shape index (κ3) is 6.78. The quantitative estimate of drug-likeness (QED) is 0.480. The highest BCUT2D eigenvalue weighted by Gasteiger charge is 2.08. The van der Waals surface area contributed by atoms with Gasteiger partial charge in [0, 0.05) is 25.0 Å². The van der Waals surface area contributed by atoms with Gasteiger partial charge < -0.3 is 4.90 Å². The molecule has 0 N–H and O–H groups in total. The van der Waals surface area contributed by atoms with E-state index >= 15 is 0 Å². The zero-order chi connectivity index (χ0) is 15.7. The van der Waals surface area contributed by atoms with Crippen LogP contribution in [0.2, 0.25) is 0 Å². The highest BCUT2D eigenvalue weighted by Crippen LogP contribution is 2.22. The zero-order valence-corrected chi connectivity index (χ0v) is 15.4. The number of allylic oxidation sites excluding steroid dienone is 4. The first kappa shape index (κ1) is 18.4. The lowest BCUT2D eigenvalue weighted by atomic mass is 9.96. The first-order valence-electron chi connectivity index (χ1n) is 8.43. The summed E-state index contributed by atoms with van der Waals surface area (Å²) in [7, 11) is 2.22. The maximum absolute atomic E-state index is 2.40. The Balaban J connectivity index is 2.31. The highest BCUT2D eigenvalue weighted by atomic mass is 32.2. The standard InChI is InChI=1S/C19H33NS/c1-6-18(7-2)14-16(3)15-21-13-12-20(5)19-11-9-8-10-17(19)4/h9,11,15,18H,6-8,10,12-14H2,1-5H3/b16-15-. The topological polar surface area (TPSA) is 3.24 Å². The minimum atomic E-state index is 0.865. The average Bonchev–Trinajstić information content (AvgIpc) is 2.49. The third-order valence-corrected chi connectivity index (χ3v) is 5.39. The Labute approximate surface area is 136 Å². The van der Waals surface area contributed by atoms with Crippen LogP contribution in [0.25, 0.3) is 0 Å². The van der Waals surface area contributed by atoms with Gasteiger partial charge in [-0.1, -0.05) is 38.3 Å². The molecular formula is C19H33NS. The van der Waals surface area contributed by atoms with E-state index in [-0.39, 0.29) is 0 Å². The van der Waals surface area contributed by atoms with Crippen LogP contribution in [0.15, 0.2) is 34.4 Å². The van der Waals surface area contributed by atoms with Crippen LogP contribution in [0.5, 0.6) is 0 Å². The Bertz CT molecular complexity index is 388. The molecule has 0 saturated carbocycles. The summed E-state index contributed by atoms with van der Waals surface area (Å²) >= 11 is 1.97. The maximum Gasteiger partial charge on any atom is 0.0349 e. The van der Waals surface area contributed by atoms with Crippen molar-refractivity contribution in [1.29, 1.82) is 0 Å². The molecule has 120 valence electrons. The van der Waals surface area contributed by atoms with Gasteiger partial charge in [-0.3, -0.25) is 0 Å². The van der Waals surface area contributed by atoms with E-state index in [1.165, 1.54) is 49.1 Å². The SMILES string of the molecule is CCC(CC)C/C(C)=C\SCCN(C)C1=C(C)CCC=C1. The van der Waals surface area contributed by atoms with Crippen LogP contribution in [0, 0.1) is 5.92 Å². The summed E-state index contributed by atoms with van der Waals surface area (Å²) in [5, 5.41) is 2.38. The van der Waals surface area contributed by atoms with Crippen molar-refractivity contribution < 1.29 is 0 Å². The second-order valence-corrected chi connectivity index (χ2v) is 7.23. The van der Waals surface area contributed by atoms with Crippen molar-refractivity contribution >= 4 is 11.8 Å². The maximum atomic E-state index is 2.40. The molecule has 0 aliphatic heterocycles. The molecule has 0 amide bonds. The number of hydrogen-bond donors (Lipinski definition) is 0. The van der Waals surface area contributed by atoms with E-state index < -0.39 is 0 Å². The van der Waals surface area contributed by atoms with Crippen LogP contribution in [-0.2, 0) is 0 Å². The van der Waals surface area contributed by atoms with E-state index in [2.05, 4.69) is 57.2 Å². The second-order valence-electron chi connectivity index (χ2n) is 6.25. The molecule has 0 heterocycles. The minimum Gasteiger partial charge on any atom is -0.374 e. The van der Waals surface area contributed by atoms with Crippen LogP contribution in [0.1, 0.15) is 59.8 Å². The normalized spacial score (nSPS) is 16.0. The fourth-order valence-corrected chi connectivity index (χ4v) is 3.69. The number of hydrogen-bond acceptors (Lipinski definition) is 2. The van der Waals surface area contributed by atoms with Gasteiger partial charge >= 0.3 is 0 Å². The Hall–Kier alpha value is -0.630. The molecule has 21 heavy (non-hydrogen) atoms. The monoisotopic (exact) mass is 307 g/mol. The smallest absolute Gasteiger partial charge is 0.0349 e. The fraction of sp³-hybridized carbons (Fsp3) is 0.684. The first-order chi connectivity index (χ1) is 10.1. The Kier molecular flexibility index (Phi) is 8.91. The summed E-state index contributed by atoms with van der Waals surface area (Å²) in [5.74, 6) is 2.03. The summed E-state index contributed by atoms with van der Waals surface area (Å²) in [6.07, 6.45) is 10.9. The van der Waals surface area contributed by atoms with Crippen molar-refractivity contribution in [1.82, 2.24) is 4.90 Å². The van der Waals surface area contributed by atoms with Crippen molar-refractivity contribution in [2.45, 2.75) is 59.8 Å². The average molecular weight is 308 g/mol. The van der Waals surface area contributed by atoms with E-state index in [0.717, 1.165) is 12.5 Å². The minimum absolute atomic E-state index is 0.865. The molecule has 0 spiro atoms. The van der Waals surface area contributed by atoms with Gasteiger partial charge in [0.1, 0.15) is 0 Å². The Morgan fingerprint density at radius 3 is 2.71 bits per heavy atom. The van der Waals surface area contributed by atoms with Crippen LogP contribution < -0.4 is 0 Å². The number of likely N-dealkylation sites (N-methyl/N-ethyl adjacent to an activating group) is 1. The van der Waals surface area contributed by atoms with Crippen molar-refractivity contribution in [2.24, 2.45) is 5.92 Å². The van der Waals surface area contributed by atoms with Crippen molar-refractivity contribution in [2.75, 3.05) is 19.3 Å². The Morgan fingerprint density at radius 1 is 1.38 bits per heavy atom. The van der Waals surface area contributed by atoms with Gasteiger partial charge in [-0.2, -0.15) is 0 Å². The molecule has 0 atom stereocenters. The molecule has 0 fully saturated rings. The molecule has 1 aliphatic rings. The van der Waals surface area contributed by atoms with E-state index in [9.17, 15) is 0 Å². The molecule has 0 aromatic carbocycles. The first-order valence-corrected chi connectivity index (χ1v) is 9.48. The molecule has 0 aromatic rings. The molecule has 0 aromatic heterocycles. The number of rotatable bonds is 9. The van der Waals surface area contributed by atoms with Crippen molar-refractivity contribution in [3.05, 3.63) is 34.4 Å². The Morgan fingerprint density at radius 2 is 2.10 bits per heavy atom. The van der Waals surface area contributed by atoms with E-state index in [1.54, 1.807) is 5.57 Å². The predicted octanol–water partition coefficient (Wildman–Crippen LogP) is 6.01. The molecule has 2 heteroatoms. The van der Waals surface area contributed by atoms with Gasteiger partial charge in [0.2, 0.25) is 0 Å². The van der Waals surface area contributed by atoms with Gasteiger partial charge in [-0.05, 0) is 56.1 Å². The van der Waals surface area contributed by atoms with Crippen molar-refractivity contribution in [3.63, 3.8) is 0 Å². The second kappa shape index (κ2) is 10.2.